The Labute approximate surface area is 124 Å². The van der Waals surface area contributed by atoms with Crippen LogP contribution in [-0.2, 0) is 11.2 Å². The first kappa shape index (κ1) is 16.6. The lowest BCUT2D eigenvalue weighted by Gasteiger charge is -2.19. The number of benzene rings is 1. The van der Waals surface area contributed by atoms with Gasteiger partial charge in [-0.25, -0.2) is 4.39 Å². The van der Waals surface area contributed by atoms with E-state index in [2.05, 4.69) is 5.32 Å². The monoisotopic (exact) mass is 296 g/mol. The van der Waals surface area contributed by atoms with Crippen molar-refractivity contribution in [3.8, 4) is 0 Å². The highest BCUT2D eigenvalue weighted by atomic mass is 32.1. The van der Waals surface area contributed by atoms with Crippen molar-refractivity contribution in [1.29, 1.82) is 0 Å². The fourth-order valence-electron chi connectivity index (χ4n) is 2.06. The van der Waals surface area contributed by atoms with E-state index in [1.165, 1.54) is 12.1 Å². The van der Waals surface area contributed by atoms with Crippen LogP contribution in [0.4, 0.5) is 4.39 Å². The van der Waals surface area contributed by atoms with Crippen LogP contribution in [0.2, 0.25) is 0 Å². The first-order valence-electron chi connectivity index (χ1n) is 6.78. The molecule has 0 spiro atoms. The lowest BCUT2D eigenvalue weighted by Crippen LogP contribution is -2.42. The predicted octanol–water partition coefficient (Wildman–Crippen LogP) is 2.58. The third-order valence-electron chi connectivity index (χ3n) is 3.08. The summed E-state index contributed by atoms with van der Waals surface area (Å²) in [6.07, 6.45) is 2.15. The second-order valence-corrected chi connectivity index (χ2v) is 5.46. The Morgan fingerprint density at radius 3 is 2.50 bits per heavy atom. The van der Waals surface area contributed by atoms with Crippen LogP contribution in [0, 0.1) is 11.7 Å². The number of nitrogens with one attached hydrogen (secondary N) is 1. The smallest absolute Gasteiger partial charge is 0.230 e. The molecule has 0 aliphatic heterocycles. The molecule has 110 valence electrons. The van der Waals surface area contributed by atoms with E-state index < -0.39 is 5.92 Å². The van der Waals surface area contributed by atoms with Gasteiger partial charge in [-0.15, -0.1) is 0 Å². The topological polar surface area (TPSA) is 55.1 Å². The van der Waals surface area contributed by atoms with Crippen molar-refractivity contribution in [1.82, 2.24) is 5.32 Å². The van der Waals surface area contributed by atoms with Crippen molar-refractivity contribution in [3.05, 3.63) is 35.6 Å². The zero-order chi connectivity index (χ0) is 15.1. The fourth-order valence-corrected chi connectivity index (χ4v) is 2.28. The summed E-state index contributed by atoms with van der Waals surface area (Å²) < 4.78 is 12.8. The standard InChI is InChI=1S/C15H21FN2OS/c1-3-4-13(14(17)20)15(19)18-10(2)9-11-5-7-12(16)8-6-11/h5-8,10,13H,3-4,9H2,1-2H3,(H2,17,20)(H,18,19). The Bertz CT molecular complexity index is 461. The molecule has 2 atom stereocenters. The van der Waals surface area contributed by atoms with E-state index in [1.54, 1.807) is 12.1 Å². The molecule has 0 aliphatic rings. The summed E-state index contributed by atoms with van der Waals surface area (Å²) in [7, 11) is 0. The molecular weight excluding hydrogens is 275 g/mol. The summed E-state index contributed by atoms with van der Waals surface area (Å²) in [4.78, 5) is 12.3. The predicted molar refractivity (Wildman–Crippen MR) is 82.9 cm³/mol. The first-order valence-corrected chi connectivity index (χ1v) is 7.19. The second-order valence-electron chi connectivity index (χ2n) is 4.98. The molecule has 1 aromatic rings. The molecule has 0 fully saturated rings. The van der Waals surface area contributed by atoms with Gasteiger partial charge in [0.2, 0.25) is 5.91 Å². The molecule has 5 heteroatoms. The average molecular weight is 296 g/mol. The van der Waals surface area contributed by atoms with Crippen LogP contribution >= 0.6 is 12.2 Å². The number of carbonyl (C=O) groups is 1. The van der Waals surface area contributed by atoms with Gasteiger partial charge in [0, 0.05) is 6.04 Å². The SMILES string of the molecule is CCCC(C(=O)NC(C)Cc1ccc(F)cc1)C(N)=S. The average Bonchev–Trinajstić information content (AvgIpc) is 2.38. The largest absolute Gasteiger partial charge is 0.393 e. The Balaban J connectivity index is 2.56. The van der Waals surface area contributed by atoms with Crippen molar-refractivity contribution >= 4 is 23.1 Å². The highest BCUT2D eigenvalue weighted by Crippen LogP contribution is 2.09. The van der Waals surface area contributed by atoms with Crippen molar-refractivity contribution in [2.45, 2.75) is 39.2 Å². The Morgan fingerprint density at radius 2 is 2.00 bits per heavy atom. The quantitative estimate of drug-likeness (QED) is 0.760. The molecule has 0 saturated heterocycles. The first-order chi connectivity index (χ1) is 9.43. The van der Waals surface area contributed by atoms with Gasteiger partial charge in [0.25, 0.3) is 0 Å². The van der Waals surface area contributed by atoms with Crippen LogP contribution in [0.3, 0.4) is 0 Å². The number of amides is 1. The van der Waals surface area contributed by atoms with E-state index in [4.69, 9.17) is 18.0 Å². The number of halogens is 1. The van der Waals surface area contributed by atoms with Crippen molar-refractivity contribution in [3.63, 3.8) is 0 Å². The summed E-state index contributed by atoms with van der Waals surface area (Å²) >= 11 is 4.93. The maximum Gasteiger partial charge on any atom is 0.230 e. The Hall–Kier alpha value is -1.49. The third kappa shape index (κ3) is 5.25. The maximum atomic E-state index is 12.8. The van der Waals surface area contributed by atoms with Crippen LogP contribution in [0.5, 0.6) is 0 Å². The minimum absolute atomic E-state index is 0.0540. The van der Waals surface area contributed by atoms with Gasteiger partial charge in [0.15, 0.2) is 0 Å². The molecule has 0 aromatic heterocycles. The highest BCUT2D eigenvalue weighted by molar-refractivity contribution is 7.80. The maximum absolute atomic E-state index is 12.8. The molecule has 20 heavy (non-hydrogen) atoms. The molecule has 3 N–H and O–H groups in total. The molecule has 2 unspecified atom stereocenters. The second kappa shape index (κ2) is 7.94. The zero-order valence-electron chi connectivity index (χ0n) is 11.9. The van der Waals surface area contributed by atoms with Crippen LogP contribution in [-0.4, -0.2) is 16.9 Å². The number of thiocarbonyl (C=S) groups is 1. The van der Waals surface area contributed by atoms with Gasteiger partial charge < -0.3 is 11.1 Å². The summed E-state index contributed by atoms with van der Waals surface area (Å²) in [5.74, 6) is -0.804. The molecule has 1 aromatic carbocycles. The molecule has 1 amide bonds. The van der Waals surface area contributed by atoms with Gasteiger partial charge in [-0.05, 0) is 37.5 Å². The molecule has 1 rings (SSSR count). The molecule has 0 bridgehead atoms. The summed E-state index contributed by atoms with van der Waals surface area (Å²) in [5.41, 5.74) is 6.57. The van der Waals surface area contributed by atoms with Crippen molar-refractivity contribution < 1.29 is 9.18 Å². The minimum atomic E-state index is -0.411. The van der Waals surface area contributed by atoms with Crippen molar-refractivity contribution in [2.24, 2.45) is 11.7 Å². The van der Waals surface area contributed by atoms with E-state index in [0.717, 1.165) is 12.0 Å². The van der Waals surface area contributed by atoms with E-state index >= 15 is 0 Å². The summed E-state index contributed by atoms with van der Waals surface area (Å²) in [6, 6.07) is 6.21. The number of hydrogen-bond acceptors (Lipinski definition) is 2. The third-order valence-corrected chi connectivity index (χ3v) is 3.37. The summed E-state index contributed by atoms with van der Waals surface area (Å²) in [5, 5.41) is 2.91. The number of carbonyl (C=O) groups excluding carboxylic acids is 1. The fraction of sp³-hybridized carbons (Fsp3) is 0.467. The Morgan fingerprint density at radius 1 is 1.40 bits per heavy atom. The van der Waals surface area contributed by atoms with E-state index in [0.29, 0.717) is 12.8 Å². The van der Waals surface area contributed by atoms with Gasteiger partial charge in [-0.1, -0.05) is 37.7 Å². The summed E-state index contributed by atoms with van der Waals surface area (Å²) in [6.45, 7) is 3.89. The molecule has 0 aliphatic carbocycles. The van der Waals surface area contributed by atoms with Gasteiger partial charge in [-0.2, -0.15) is 0 Å². The highest BCUT2D eigenvalue weighted by Gasteiger charge is 2.21. The molecule has 0 heterocycles. The minimum Gasteiger partial charge on any atom is -0.393 e. The van der Waals surface area contributed by atoms with Crippen LogP contribution in [0.15, 0.2) is 24.3 Å². The van der Waals surface area contributed by atoms with Crippen LogP contribution in [0.25, 0.3) is 0 Å². The van der Waals surface area contributed by atoms with E-state index in [-0.39, 0.29) is 22.8 Å². The van der Waals surface area contributed by atoms with Crippen molar-refractivity contribution in [2.75, 3.05) is 0 Å². The molecule has 0 radical (unpaired) electrons. The zero-order valence-corrected chi connectivity index (χ0v) is 12.7. The molecule has 3 nitrogen and oxygen atoms in total. The van der Waals surface area contributed by atoms with Gasteiger partial charge >= 0.3 is 0 Å². The number of hydrogen-bond donors (Lipinski definition) is 2. The van der Waals surface area contributed by atoms with Gasteiger partial charge in [-0.3, -0.25) is 4.79 Å². The van der Waals surface area contributed by atoms with Gasteiger partial charge in [0.1, 0.15) is 5.82 Å². The number of nitrogens with two attached hydrogens (primary N) is 1. The number of rotatable bonds is 7. The van der Waals surface area contributed by atoms with E-state index in [9.17, 15) is 9.18 Å². The Kier molecular flexibility index (Phi) is 6.58. The van der Waals surface area contributed by atoms with Crippen LogP contribution in [0.1, 0.15) is 32.3 Å². The lowest BCUT2D eigenvalue weighted by atomic mass is 10.0. The molecule has 0 saturated carbocycles. The normalized spacial score (nSPS) is 13.6. The van der Waals surface area contributed by atoms with E-state index in [1.807, 2.05) is 13.8 Å². The lowest BCUT2D eigenvalue weighted by molar-refractivity contribution is -0.123. The van der Waals surface area contributed by atoms with Gasteiger partial charge in [0.05, 0.1) is 10.9 Å². The molecular formula is C15H21FN2OS. The van der Waals surface area contributed by atoms with Crippen LogP contribution < -0.4 is 11.1 Å².